The molecule has 0 saturated carbocycles. The third kappa shape index (κ3) is 5.69. The van der Waals surface area contributed by atoms with Crippen molar-refractivity contribution in [2.24, 2.45) is 0 Å². The van der Waals surface area contributed by atoms with Crippen LogP contribution in [0.15, 0.2) is 0 Å². The van der Waals surface area contributed by atoms with Crippen molar-refractivity contribution in [3.63, 3.8) is 0 Å². The summed E-state index contributed by atoms with van der Waals surface area (Å²) in [5.74, 6) is 0.206. The van der Waals surface area contributed by atoms with E-state index in [4.69, 9.17) is 0 Å². The molecule has 1 atom stereocenters. The second kappa shape index (κ2) is 9.16. The number of rotatable bonds is 5. The number of hydrogen-bond donors (Lipinski definition) is 2. The van der Waals surface area contributed by atoms with Crippen molar-refractivity contribution in [2.75, 3.05) is 26.2 Å². The first-order chi connectivity index (χ1) is 8.15. The molecule has 18 heavy (non-hydrogen) atoms. The minimum absolute atomic E-state index is 0. The zero-order valence-corrected chi connectivity index (χ0v) is 12.0. The summed E-state index contributed by atoms with van der Waals surface area (Å²) in [7, 11) is 0. The predicted molar refractivity (Wildman–Crippen MR) is 73.8 cm³/mol. The Bertz CT molecular complexity index is 274. The molecule has 0 aromatic rings. The van der Waals surface area contributed by atoms with Crippen molar-refractivity contribution in [1.29, 1.82) is 0 Å². The molecule has 2 N–H and O–H groups in total. The highest BCUT2D eigenvalue weighted by atomic mass is 35.5. The lowest BCUT2D eigenvalue weighted by Crippen LogP contribution is -2.52. The maximum absolute atomic E-state index is 11.9. The van der Waals surface area contributed by atoms with Crippen LogP contribution in [-0.4, -0.2) is 48.9 Å². The zero-order valence-electron chi connectivity index (χ0n) is 11.2. The molecule has 1 heterocycles. The molecule has 0 aromatic carbocycles. The minimum atomic E-state index is 0. The summed E-state index contributed by atoms with van der Waals surface area (Å²) in [6, 6.07) is 0.265. The first kappa shape index (κ1) is 17.2. The number of carbonyl (C=O) groups is 2. The van der Waals surface area contributed by atoms with Gasteiger partial charge in [-0.3, -0.25) is 9.59 Å². The van der Waals surface area contributed by atoms with Gasteiger partial charge in [0.05, 0.1) is 0 Å². The Kier molecular flexibility index (Phi) is 8.75. The van der Waals surface area contributed by atoms with E-state index in [9.17, 15) is 9.59 Å². The van der Waals surface area contributed by atoms with Gasteiger partial charge >= 0.3 is 0 Å². The molecule has 0 aliphatic carbocycles. The van der Waals surface area contributed by atoms with Gasteiger partial charge in [0.2, 0.25) is 11.8 Å². The van der Waals surface area contributed by atoms with Gasteiger partial charge in [-0.15, -0.1) is 12.4 Å². The SMILES string of the molecule is CCNC(=O)CCCC(=O)N1CCNCC1C.Cl. The molecule has 2 amide bonds. The molecule has 1 aliphatic rings. The lowest BCUT2D eigenvalue weighted by atomic mass is 10.1. The van der Waals surface area contributed by atoms with Gasteiger partial charge in [0.1, 0.15) is 0 Å². The van der Waals surface area contributed by atoms with Gasteiger partial charge in [-0.05, 0) is 20.3 Å². The largest absolute Gasteiger partial charge is 0.356 e. The quantitative estimate of drug-likeness (QED) is 0.771. The molecule has 0 bridgehead atoms. The van der Waals surface area contributed by atoms with Crippen LogP contribution >= 0.6 is 12.4 Å². The average molecular weight is 278 g/mol. The van der Waals surface area contributed by atoms with Crippen LogP contribution in [0.1, 0.15) is 33.1 Å². The van der Waals surface area contributed by atoms with Crippen LogP contribution in [0, 0.1) is 0 Å². The first-order valence-corrected chi connectivity index (χ1v) is 6.42. The van der Waals surface area contributed by atoms with Gasteiger partial charge in [-0.25, -0.2) is 0 Å². The summed E-state index contributed by atoms with van der Waals surface area (Å²) < 4.78 is 0. The van der Waals surface area contributed by atoms with Crippen molar-refractivity contribution in [3.05, 3.63) is 0 Å². The highest BCUT2D eigenvalue weighted by Gasteiger charge is 2.22. The summed E-state index contributed by atoms with van der Waals surface area (Å²) in [6.07, 6.45) is 1.56. The van der Waals surface area contributed by atoms with E-state index < -0.39 is 0 Å². The van der Waals surface area contributed by atoms with Crippen molar-refractivity contribution >= 4 is 24.2 Å². The van der Waals surface area contributed by atoms with E-state index in [2.05, 4.69) is 10.6 Å². The normalized spacial score (nSPS) is 19.0. The monoisotopic (exact) mass is 277 g/mol. The van der Waals surface area contributed by atoms with Gasteiger partial charge in [-0.1, -0.05) is 0 Å². The van der Waals surface area contributed by atoms with Crippen LogP contribution in [0.25, 0.3) is 0 Å². The van der Waals surface area contributed by atoms with E-state index in [1.54, 1.807) is 0 Å². The molecule has 1 fully saturated rings. The summed E-state index contributed by atoms with van der Waals surface area (Å²) in [5.41, 5.74) is 0. The molecule has 1 saturated heterocycles. The van der Waals surface area contributed by atoms with Crippen LogP contribution in [0.5, 0.6) is 0 Å². The van der Waals surface area contributed by atoms with Gasteiger partial charge in [0, 0.05) is 45.1 Å². The van der Waals surface area contributed by atoms with Gasteiger partial charge in [0.15, 0.2) is 0 Å². The predicted octanol–water partition coefficient (Wildman–Crippen LogP) is 0.535. The van der Waals surface area contributed by atoms with E-state index in [0.717, 1.165) is 19.6 Å². The second-order valence-electron chi connectivity index (χ2n) is 4.45. The lowest BCUT2D eigenvalue weighted by molar-refractivity contribution is -0.134. The van der Waals surface area contributed by atoms with E-state index in [0.29, 0.717) is 25.8 Å². The van der Waals surface area contributed by atoms with Crippen LogP contribution in [0.2, 0.25) is 0 Å². The molecule has 6 heteroatoms. The Morgan fingerprint density at radius 1 is 1.39 bits per heavy atom. The highest BCUT2D eigenvalue weighted by Crippen LogP contribution is 2.07. The lowest BCUT2D eigenvalue weighted by Gasteiger charge is -2.34. The Morgan fingerprint density at radius 3 is 2.72 bits per heavy atom. The average Bonchev–Trinajstić information content (AvgIpc) is 2.29. The molecule has 106 valence electrons. The van der Waals surface area contributed by atoms with Crippen LogP contribution in [0.4, 0.5) is 0 Å². The molecule has 1 unspecified atom stereocenters. The molecule has 0 aromatic heterocycles. The number of carbonyl (C=O) groups excluding carboxylic acids is 2. The third-order valence-corrected chi connectivity index (χ3v) is 2.99. The number of piperazine rings is 1. The Morgan fingerprint density at radius 2 is 2.11 bits per heavy atom. The van der Waals surface area contributed by atoms with E-state index >= 15 is 0 Å². The van der Waals surface area contributed by atoms with E-state index in [-0.39, 0.29) is 30.3 Å². The van der Waals surface area contributed by atoms with E-state index in [1.807, 2.05) is 18.7 Å². The molecular weight excluding hydrogens is 254 g/mol. The summed E-state index contributed by atoms with van der Waals surface area (Å²) in [6.45, 7) is 7.11. The fraction of sp³-hybridized carbons (Fsp3) is 0.833. The smallest absolute Gasteiger partial charge is 0.222 e. The molecule has 0 spiro atoms. The molecule has 0 radical (unpaired) electrons. The van der Waals surface area contributed by atoms with Crippen LogP contribution in [0.3, 0.4) is 0 Å². The second-order valence-corrected chi connectivity index (χ2v) is 4.45. The summed E-state index contributed by atoms with van der Waals surface area (Å²) in [4.78, 5) is 25.0. The van der Waals surface area contributed by atoms with Crippen molar-refractivity contribution in [3.8, 4) is 0 Å². The first-order valence-electron chi connectivity index (χ1n) is 6.42. The minimum Gasteiger partial charge on any atom is -0.356 e. The third-order valence-electron chi connectivity index (χ3n) is 2.99. The highest BCUT2D eigenvalue weighted by molar-refractivity contribution is 5.85. The zero-order chi connectivity index (χ0) is 12.7. The Hall–Kier alpha value is -0.810. The summed E-state index contributed by atoms with van der Waals surface area (Å²) >= 11 is 0. The van der Waals surface area contributed by atoms with Crippen molar-refractivity contribution in [2.45, 2.75) is 39.2 Å². The summed E-state index contributed by atoms with van der Waals surface area (Å²) in [5, 5.41) is 5.99. The van der Waals surface area contributed by atoms with Crippen molar-refractivity contribution < 1.29 is 9.59 Å². The molecular formula is C12H24ClN3O2. The van der Waals surface area contributed by atoms with Gasteiger partial charge in [0.25, 0.3) is 0 Å². The number of nitrogens with one attached hydrogen (secondary N) is 2. The Labute approximate surface area is 115 Å². The fourth-order valence-corrected chi connectivity index (χ4v) is 2.04. The fourth-order valence-electron chi connectivity index (χ4n) is 2.04. The number of amides is 2. The van der Waals surface area contributed by atoms with Crippen LogP contribution < -0.4 is 10.6 Å². The van der Waals surface area contributed by atoms with E-state index in [1.165, 1.54) is 0 Å². The number of nitrogens with zero attached hydrogens (tertiary/aromatic N) is 1. The van der Waals surface area contributed by atoms with Gasteiger partial charge in [-0.2, -0.15) is 0 Å². The maximum Gasteiger partial charge on any atom is 0.222 e. The number of hydrogen-bond acceptors (Lipinski definition) is 3. The maximum atomic E-state index is 11.9. The number of halogens is 1. The Balaban J connectivity index is 0.00000289. The molecule has 5 nitrogen and oxygen atoms in total. The molecule has 1 aliphatic heterocycles. The van der Waals surface area contributed by atoms with Crippen molar-refractivity contribution in [1.82, 2.24) is 15.5 Å². The van der Waals surface area contributed by atoms with Crippen LogP contribution in [-0.2, 0) is 9.59 Å². The topological polar surface area (TPSA) is 61.4 Å². The van der Waals surface area contributed by atoms with Gasteiger partial charge < -0.3 is 15.5 Å². The standard InChI is InChI=1S/C12H23N3O2.ClH/c1-3-14-11(16)5-4-6-12(17)15-8-7-13-9-10(15)2;/h10,13H,3-9H2,1-2H3,(H,14,16);1H. The molecule has 1 rings (SSSR count).